The molecule has 8 heavy (non-hydrogen) atoms. The second kappa shape index (κ2) is 2.26. The standard InChI is InChI=1S/C5H7N3/c6-5-7-3-1-2-4-8-5/h1,3-4H,2H2,(H2,6,7). The molecule has 0 aromatic carbocycles. The highest BCUT2D eigenvalue weighted by Crippen LogP contribution is 1.86. The Morgan fingerprint density at radius 3 is 3.38 bits per heavy atom. The quantitative estimate of drug-likeness (QED) is 0.477. The van der Waals surface area contributed by atoms with Gasteiger partial charge >= 0.3 is 0 Å². The highest BCUT2D eigenvalue weighted by Gasteiger charge is 1.83. The van der Waals surface area contributed by atoms with Crippen molar-refractivity contribution in [3.63, 3.8) is 0 Å². The third-order valence-corrected chi connectivity index (χ3v) is 0.777. The molecule has 3 heteroatoms. The second-order valence-corrected chi connectivity index (χ2v) is 1.42. The summed E-state index contributed by atoms with van der Waals surface area (Å²) < 4.78 is 0. The average molecular weight is 109 g/mol. The molecule has 0 atom stereocenters. The Labute approximate surface area is 47.6 Å². The predicted molar refractivity (Wildman–Crippen MR) is 33.9 cm³/mol. The highest BCUT2D eigenvalue weighted by atomic mass is 15.0. The number of rotatable bonds is 0. The van der Waals surface area contributed by atoms with Gasteiger partial charge in [0.15, 0.2) is 0 Å². The molecule has 2 N–H and O–H groups in total. The molecule has 0 radical (unpaired) electrons. The summed E-state index contributed by atoms with van der Waals surface area (Å²) in [6.45, 7) is 0. The maximum atomic E-state index is 5.24. The molecule has 3 nitrogen and oxygen atoms in total. The Morgan fingerprint density at radius 1 is 1.62 bits per heavy atom. The van der Waals surface area contributed by atoms with E-state index in [4.69, 9.17) is 5.73 Å². The Kier molecular flexibility index (Phi) is 1.42. The highest BCUT2D eigenvalue weighted by molar-refractivity contribution is 5.87. The summed E-state index contributed by atoms with van der Waals surface area (Å²) in [6.07, 6.45) is 6.10. The van der Waals surface area contributed by atoms with E-state index in [9.17, 15) is 0 Å². The van der Waals surface area contributed by atoms with E-state index in [-0.39, 0.29) is 0 Å². The largest absolute Gasteiger partial charge is 0.368 e. The van der Waals surface area contributed by atoms with Crippen LogP contribution >= 0.6 is 0 Å². The first-order valence-electron chi connectivity index (χ1n) is 2.40. The van der Waals surface area contributed by atoms with Gasteiger partial charge in [-0.3, -0.25) is 0 Å². The van der Waals surface area contributed by atoms with Crippen molar-refractivity contribution in [2.75, 3.05) is 0 Å². The van der Waals surface area contributed by atoms with E-state index in [2.05, 4.69) is 9.98 Å². The molecule has 1 aliphatic rings. The van der Waals surface area contributed by atoms with Gasteiger partial charge in [0.05, 0.1) is 0 Å². The van der Waals surface area contributed by atoms with Crippen LogP contribution in [0.1, 0.15) is 6.42 Å². The molecule has 0 spiro atoms. The van der Waals surface area contributed by atoms with Crippen LogP contribution in [0.25, 0.3) is 0 Å². The van der Waals surface area contributed by atoms with Crippen molar-refractivity contribution in [3.8, 4) is 0 Å². The van der Waals surface area contributed by atoms with Crippen molar-refractivity contribution < 1.29 is 0 Å². The van der Waals surface area contributed by atoms with Crippen LogP contribution in [0.5, 0.6) is 0 Å². The zero-order chi connectivity index (χ0) is 5.82. The molecule has 0 saturated heterocycles. The monoisotopic (exact) mass is 109 g/mol. The number of aliphatic imine (C=N–C) groups is 2. The molecule has 1 aliphatic heterocycles. The summed E-state index contributed by atoms with van der Waals surface area (Å²) in [4.78, 5) is 7.50. The van der Waals surface area contributed by atoms with Crippen molar-refractivity contribution in [1.82, 2.24) is 0 Å². The maximum absolute atomic E-state index is 5.24. The SMILES string of the molecule is NC1=NC=CCC=N1. The van der Waals surface area contributed by atoms with Crippen molar-refractivity contribution in [2.45, 2.75) is 6.42 Å². The Bertz CT molecular complexity index is 155. The number of nitrogens with zero attached hydrogens (tertiary/aromatic N) is 2. The molecule has 42 valence electrons. The van der Waals surface area contributed by atoms with Crippen LogP contribution in [0.2, 0.25) is 0 Å². The van der Waals surface area contributed by atoms with Crippen molar-refractivity contribution in [2.24, 2.45) is 15.7 Å². The lowest BCUT2D eigenvalue weighted by Crippen LogP contribution is -2.06. The molecule has 0 aromatic heterocycles. The van der Waals surface area contributed by atoms with E-state index in [1.807, 2.05) is 6.08 Å². The lowest BCUT2D eigenvalue weighted by molar-refractivity contribution is 1.44. The van der Waals surface area contributed by atoms with Gasteiger partial charge in [0.2, 0.25) is 5.96 Å². The third kappa shape index (κ3) is 1.18. The van der Waals surface area contributed by atoms with Crippen molar-refractivity contribution in [1.29, 1.82) is 0 Å². The van der Waals surface area contributed by atoms with E-state index in [1.54, 1.807) is 12.4 Å². The third-order valence-electron chi connectivity index (χ3n) is 0.777. The van der Waals surface area contributed by atoms with Gasteiger partial charge in [-0.05, 0) is 0 Å². The smallest absolute Gasteiger partial charge is 0.219 e. The summed E-state index contributed by atoms with van der Waals surface area (Å²) in [5, 5.41) is 0. The number of nitrogens with two attached hydrogens (primary N) is 1. The van der Waals surface area contributed by atoms with Crippen LogP contribution in [0, 0.1) is 0 Å². The van der Waals surface area contributed by atoms with Crippen LogP contribution in [-0.2, 0) is 0 Å². The fourth-order valence-corrected chi connectivity index (χ4v) is 0.430. The van der Waals surface area contributed by atoms with E-state index < -0.39 is 0 Å². The van der Waals surface area contributed by atoms with Gasteiger partial charge < -0.3 is 5.73 Å². The first kappa shape index (κ1) is 5.03. The molecule has 0 aliphatic carbocycles. The average Bonchev–Trinajstić information content (AvgIpc) is 1.94. The van der Waals surface area contributed by atoms with E-state index in [1.165, 1.54) is 0 Å². The molecule has 0 aromatic rings. The molecule has 0 bridgehead atoms. The Morgan fingerprint density at radius 2 is 2.50 bits per heavy atom. The van der Waals surface area contributed by atoms with Crippen LogP contribution in [0.4, 0.5) is 0 Å². The van der Waals surface area contributed by atoms with Crippen molar-refractivity contribution >= 4 is 12.2 Å². The minimum Gasteiger partial charge on any atom is -0.368 e. The first-order valence-corrected chi connectivity index (χ1v) is 2.40. The topological polar surface area (TPSA) is 50.7 Å². The maximum Gasteiger partial charge on any atom is 0.219 e. The fourth-order valence-electron chi connectivity index (χ4n) is 0.430. The van der Waals surface area contributed by atoms with Crippen LogP contribution in [0.3, 0.4) is 0 Å². The molecule has 0 unspecified atom stereocenters. The zero-order valence-corrected chi connectivity index (χ0v) is 4.41. The summed E-state index contributed by atoms with van der Waals surface area (Å²) in [5.74, 6) is 0.332. The Balaban J connectivity index is 2.73. The number of hydrogen-bond acceptors (Lipinski definition) is 3. The molecule has 1 rings (SSSR count). The van der Waals surface area contributed by atoms with E-state index in [0.29, 0.717) is 5.96 Å². The molecular formula is C5H7N3. The predicted octanol–water partition coefficient (Wildman–Crippen LogP) is 0.289. The van der Waals surface area contributed by atoms with Gasteiger partial charge in [-0.15, -0.1) is 0 Å². The van der Waals surface area contributed by atoms with Gasteiger partial charge in [-0.2, -0.15) is 0 Å². The van der Waals surface area contributed by atoms with Gasteiger partial charge in [0.25, 0.3) is 0 Å². The summed E-state index contributed by atoms with van der Waals surface area (Å²) in [7, 11) is 0. The summed E-state index contributed by atoms with van der Waals surface area (Å²) >= 11 is 0. The molecule has 0 fully saturated rings. The molecule has 0 saturated carbocycles. The van der Waals surface area contributed by atoms with Crippen LogP contribution in [-0.4, -0.2) is 12.2 Å². The van der Waals surface area contributed by atoms with Crippen LogP contribution in [0.15, 0.2) is 22.3 Å². The van der Waals surface area contributed by atoms with Crippen molar-refractivity contribution in [3.05, 3.63) is 12.3 Å². The summed E-state index contributed by atoms with van der Waals surface area (Å²) in [5.41, 5.74) is 5.24. The second-order valence-electron chi connectivity index (χ2n) is 1.42. The van der Waals surface area contributed by atoms with Gasteiger partial charge in [0.1, 0.15) is 0 Å². The Hall–Kier alpha value is -1.12. The molecule has 1 heterocycles. The number of hydrogen-bond donors (Lipinski definition) is 1. The first-order chi connectivity index (χ1) is 3.89. The van der Waals surface area contributed by atoms with E-state index >= 15 is 0 Å². The van der Waals surface area contributed by atoms with Gasteiger partial charge in [-0.25, -0.2) is 9.98 Å². The lowest BCUT2D eigenvalue weighted by atomic mass is 10.5. The fraction of sp³-hybridized carbons (Fsp3) is 0.200. The van der Waals surface area contributed by atoms with Gasteiger partial charge in [-0.1, -0.05) is 6.08 Å². The lowest BCUT2D eigenvalue weighted by Gasteiger charge is -1.80. The summed E-state index contributed by atoms with van der Waals surface area (Å²) in [6, 6.07) is 0. The number of allylic oxidation sites excluding steroid dienone is 1. The molecule has 0 amide bonds. The minimum atomic E-state index is 0.332. The van der Waals surface area contributed by atoms with Crippen LogP contribution < -0.4 is 5.73 Å². The van der Waals surface area contributed by atoms with Gasteiger partial charge in [0, 0.05) is 18.8 Å². The normalized spacial score (nSPS) is 17.8. The van der Waals surface area contributed by atoms with E-state index in [0.717, 1.165) is 6.42 Å². The minimum absolute atomic E-state index is 0.332. The number of guanidine groups is 1. The molecular weight excluding hydrogens is 102 g/mol. The zero-order valence-electron chi connectivity index (χ0n) is 4.41.